The van der Waals surface area contributed by atoms with E-state index in [1.165, 1.54) is 11.0 Å². The Kier molecular flexibility index (Phi) is 3.68. The molecule has 0 radical (unpaired) electrons. The molecule has 0 bridgehead atoms. The van der Waals surface area contributed by atoms with Crippen LogP contribution in [0.5, 0.6) is 5.75 Å². The van der Waals surface area contributed by atoms with E-state index in [0.717, 1.165) is 0 Å². The molecule has 4 nitrogen and oxygen atoms in total. The first kappa shape index (κ1) is 11.5. The molecule has 1 unspecified atom stereocenters. The summed E-state index contributed by atoms with van der Waals surface area (Å²) < 4.78 is 0. The van der Waals surface area contributed by atoms with Crippen molar-refractivity contribution >= 4 is 11.6 Å². The number of likely N-dealkylation sites (N-methyl/N-ethyl adjacent to an activating group) is 1. The number of amides is 1. The quantitative estimate of drug-likeness (QED) is 0.781. The predicted molar refractivity (Wildman–Crippen MR) is 59.8 cm³/mol. The fraction of sp³-hybridized carbons (Fsp3) is 0.364. The minimum absolute atomic E-state index is 0.136. The highest BCUT2D eigenvalue weighted by molar-refractivity contribution is 5.96. The topological polar surface area (TPSA) is 66.6 Å². The van der Waals surface area contributed by atoms with E-state index in [9.17, 15) is 9.90 Å². The smallest absolute Gasteiger partial charge is 0.243 e. The van der Waals surface area contributed by atoms with Gasteiger partial charge in [0.25, 0.3) is 0 Å². The number of aromatic hydroxyl groups is 1. The zero-order valence-electron chi connectivity index (χ0n) is 8.97. The Balaban J connectivity index is 2.85. The average molecular weight is 208 g/mol. The lowest BCUT2D eigenvalue weighted by Crippen LogP contribution is -2.41. The third kappa shape index (κ3) is 2.70. The van der Waals surface area contributed by atoms with Crippen LogP contribution in [0.15, 0.2) is 24.3 Å². The number of carbonyl (C=O) groups is 1. The number of phenols is 1. The summed E-state index contributed by atoms with van der Waals surface area (Å²) in [4.78, 5) is 13.2. The summed E-state index contributed by atoms with van der Waals surface area (Å²) in [6.07, 6.45) is 0.599. The molecule has 0 saturated carbocycles. The Morgan fingerprint density at radius 2 is 2.27 bits per heavy atom. The van der Waals surface area contributed by atoms with Crippen LogP contribution >= 0.6 is 0 Å². The lowest BCUT2D eigenvalue weighted by atomic mass is 10.2. The lowest BCUT2D eigenvalue weighted by Gasteiger charge is -2.20. The summed E-state index contributed by atoms with van der Waals surface area (Å²) in [5, 5.41) is 9.27. The highest BCUT2D eigenvalue weighted by Crippen LogP contribution is 2.19. The van der Waals surface area contributed by atoms with Crippen LogP contribution in [0, 0.1) is 0 Å². The number of anilines is 1. The standard InChI is InChI=1S/C11H16N2O2/c1-3-10(12)11(15)13(2)8-5-4-6-9(14)7-8/h4-7,10,14H,3,12H2,1-2H3. The van der Waals surface area contributed by atoms with E-state index in [1.807, 2.05) is 6.92 Å². The second-order valence-electron chi connectivity index (χ2n) is 3.43. The highest BCUT2D eigenvalue weighted by Gasteiger charge is 2.17. The molecule has 1 rings (SSSR count). The molecule has 1 atom stereocenters. The molecule has 0 aliphatic heterocycles. The number of hydrogen-bond acceptors (Lipinski definition) is 3. The number of nitrogens with two attached hydrogens (primary N) is 1. The first-order valence-corrected chi connectivity index (χ1v) is 4.88. The maximum atomic E-state index is 11.7. The van der Waals surface area contributed by atoms with Crippen molar-refractivity contribution in [1.82, 2.24) is 0 Å². The van der Waals surface area contributed by atoms with Crippen molar-refractivity contribution in [3.8, 4) is 5.75 Å². The van der Waals surface area contributed by atoms with Crippen LogP contribution in [-0.2, 0) is 4.79 Å². The first-order chi connectivity index (χ1) is 7.06. The summed E-state index contributed by atoms with van der Waals surface area (Å²) in [6, 6.07) is 6.03. The Labute approximate surface area is 89.3 Å². The summed E-state index contributed by atoms with van der Waals surface area (Å²) in [6.45, 7) is 1.86. The Morgan fingerprint density at radius 3 is 2.80 bits per heavy atom. The molecule has 3 N–H and O–H groups in total. The van der Waals surface area contributed by atoms with Crippen molar-refractivity contribution in [2.24, 2.45) is 5.73 Å². The van der Waals surface area contributed by atoms with Crippen LogP contribution in [0.1, 0.15) is 13.3 Å². The molecular formula is C11H16N2O2. The van der Waals surface area contributed by atoms with Gasteiger partial charge in [0.05, 0.1) is 6.04 Å². The van der Waals surface area contributed by atoms with Crippen LogP contribution in [0.25, 0.3) is 0 Å². The van der Waals surface area contributed by atoms with Gasteiger partial charge >= 0.3 is 0 Å². The number of carbonyl (C=O) groups excluding carboxylic acids is 1. The number of phenolic OH excluding ortho intramolecular Hbond substituents is 1. The second kappa shape index (κ2) is 4.79. The maximum Gasteiger partial charge on any atom is 0.243 e. The van der Waals surface area contributed by atoms with Gasteiger partial charge in [0.2, 0.25) is 5.91 Å². The Morgan fingerprint density at radius 1 is 1.60 bits per heavy atom. The van der Waals surface area contributed by atoms with E-state index in [4.69, 9.17) is 5.73 Å². The van der Waals surface area contributed by atoms with Gasteiger partial charge in [-0.1, -0.05) is 13.0 Å². The predicted octanol–water partition coefficient (Wildman–Crippen LogP) is 1.09. The van der Waals surface area contributed by atoms with Gasteiger partial charge in [-0.25, -0.2) is 0 Å². The van der Waals surface area contributed by atoms with E-state index < -0.39 is 6.04 Å². The van der Waals surface area contributed by atoms with Crippen molar-refractivity contribution in [3.05, 3.63) is 24.3 Å². The van der Waals surface area contributed by atoms with Gasteiger partial charge in [0, 0.05) is 18.8 Å². The molecule has 0 saturated heterocycles. The van der Waals surface area contributed by atoms with Gasteiger partial charge in [-0.05, 0) is 18.6 Å². The third-order valence-corrected chi connectivity index (χ3v) is 2.30. The summed E-state index contributed by atoms with van der Waals surface area (Å²) >= 11 is 0. The van der Waals surface area contributed by atoms with Gasteiger partial charge in [-0.2, -0.15) is 0 Å². The highest BCUT2D eigenvalue weighted by atomic mass is 16.3. The molecule has 0 aromatic heterocycles. The minimum atomic E-state index is -0.489. The molecule has 0 spiro atoms. The Bertz CT molecular complexity index is 352. The number of rotatable bonds is 3. The molecule has 82 valence electrons. The van der Waals surface area contributed by atoms with E-state index in [0.29, 0.717) is 12.1 Å². The van der Waals surface area contributed by atoms with Crippen LogP contribution in [-0.4, -0.2) is 24.1 Å². The van der Waals surface area contributed by atoms with Crippen LogP contribution in [0.2, 0.25) is 0 Å². The molecule has 15 heavy (non-hydrogen) atoms. The van der Waals surface area contributed by atoms with Crippen molar-refractivity contribution < 1.29 is 9.90 Å². The largest absolute Gasteiger partial charge is 0.508 e. The molecule has 1 amide bonds. The van der Waals surface area contributed by atoms with Gasteiger partial charge in [0.15, 0.2) is 0 Å². The van der Waals surface area contributed by atoms with Gasteiger partial charge in [0.1, 0.15) is 5.75 Å². The molecule has 0 aliphatic carbocycles. The van der Waals surface area contributed by atoms with Crippen LogP contribution < -0.4 is 10.6 Å². The number of hydrogen-bond donors (Lipinski definition) is 2. The zero-order valence-corrected chi connectivity index (χ0v) is 8.97. The van der Waals surface area contributed by atoms with Crippen molar-refractivity contribution in [2.75, 3.05) is 11.9 Å². The molecule has 4 heteroatoms. The summed E-state index contributed by atoms with van der Waals surface area (Å²) in [5.41, 5.74) is 6.28. The van der Waals surface area contributed by atoms with E-state index in [2.05, 4.69) is 0 Å². The molecule has 0 heterocycles. The van der Waals surface area contributed by atoms with Gasteiger partial charge < -0.3 is 15.7 Å². The molecule has 0 fully saturated rings. The monoisotopic (exact) mass is 208 g/mol. The van der Waals surface area contributed by atoms with E-state index in [1.54, 1.807) is 25.2 Å². The Hall–Kier alpha value is -1.55. The van der Waals surface area contributed by atoms with E-state index in [-0.39, 0.29) is 11.7 Å². The minimum Gasteiger partial charge on any atom is -0.508 e. The fourth-order valence-electron chi connectivity index (χ4n) is 1.25. The molecule has 1 aromatic rings. The van der Waals surface area contributed by atoms with Crippen LogP contribution in [0.4, 0.5) is 5.69 Å². The molecular weight excluding hydrogens is 192 g/mol. The second-order valence-corrected chi connectivity index (χ2v) is 3.43. The zero-order chi connectivity index (χ0) is 11.4. The third-order valence-electron chi connectivity index (χ3n) is 2.30. The number of nitrogens with zero attached hydrogens (tertiary/aromatic N) is 1. The fourth-order valence-corrected chi connectivity index (χ4v) is 1.25. The summed E-state index contributed by atoms with van der Waals surface area (Å²) in [5.74, 6) is -0.0136. The van der Waals surface area contributed by atoms with E-state index >= 15 is 0 Å². The maximum absolute atomic E-state index is 11.7. The van der Waals surface area contributed by atoms with Crippen molar-refractivity contribution in [3.63, 3.8) is 0 Å². The molecule has 0 aliphatic rings. The SMILES string of the molecule is CCC(N)C(=O)N(C)c1cccc(O)c1. The first-order valence-electron chi connectivity index (χ1n) is 4.88. The van der Waals surface area contributed by atoms with Crippen molar-refractivity contribution in [1.29, 1.82) is 0 Å². The van der Waals surface area contributed by atoms with Gasteiger partial charge in [-0.3, -0.25) is 4.79 Å². The normalized spacial score (nSPS) is 12.2. The van der Waals surface area contributed by atoms with Crippen LogP contribution in [0.3, 0.4) is 0 Å². The summed E-state index contributed by atoms with van der Waals surface area (Å²) in [7, 11) is 1.65. The lowest BCUT2D eigenvalue weighted by molar-refractivity contribution is -0.119. The average Bonchev–Trinajstić information content (AvgIpc) is 2.26. The van der Waals surface area contributed by atoms with Gasteiger partial charge in [-0.15, -0.1) is 0 Å². The molecule has 1 aromatic carbocycles. The van der Waals surface area contributed by atoms with Crippen molar-refractivity contribution in [2.45, 2.75) is 19.4 Å². The number of benzene rings is 1.